The highest BCUT2D eigenvalue weighted by molar-refractivity contribution is 5.74. The summed E-state index contributed by atoms with van der Waals surface area (Å²) >= 11 is 0. The van der Waals surface area contributed by atoms with E-state index in [0.717, 1.165) is 55.6 Å². The summed E-state index contributed by atoms with van der Waals surface area (Å²) in [4.78, 5) is 0. The van der Waals surface area contributed by atoms with Crippen LogP contribution >= 0.6 is 0 Å². The predicted molar refractivity (Wildman–Crippen MR) is 150 cm³/mol. The highest BCUT2D eigenvalue weighted by Crippen LogP contribution is 2.35. The van der Waals surface area contributed by atoms with Gasteiger partial charge in [-0.25, -0.2) is 13.2 Å². The Bertz CT molecular complexity index is 1210. The summed E-state index contributed by atoms with van der Waals surface area (Å²) in [5, 5.41) is 0. The second-order valence-corrected chi connectivity index (χ2v) is 10.5. The lowest BCUT2D eigenvalue weighted by Gasteiger charge is -2.22. The Morgan fingerprint density at radius 3 is 2.03 bits per heavy atom. The Hall–Kier alpha value is -2.81. The van der Waals surface area contributed by atoms with Gasteiger partial charge < -0.3 is 0 Å². The van der Waals surface area contributed by atoms with Crippen molar-refractivity contribution in [2.24, 2.45) is 5.92 Å². The molecule has 0 fully saturated rings. The number of rotatable bonds is 11. The average Bonchev–Trinajstić information content (AvgIpc) is 2.92. The van der Waals surface area contributed by atoms with E-state index in [4.69, 9.17) is 0 Å². The quantitative estimate of drug-likeness (QED) is 0.228. The second kappa shape index (κ2) is 13.1. The zero-order valence-corrected chi connectivity index (χ0v) is 22.3. The van der Waals surface area contributed by atoms with E-state index in [1.165, 1.54) is 31.3 Å². The van der Waals surface area contributed by atoms with Gasteiger partial charge in [-0.2, -0.15) is 0 Å². The van der Waals surface area contributed by atoms with Crippen molar-refractivity contribution in [1.82, 2.24) is 0 Å². The Morgan fingerprint density at radius 2 is 1.38 bits per heavy atom. The van der Waals surface area contributed by atoms with Crippen molar-refractivity contribution < 1.29 is 13.2 Å². The molecule has 0 saturated carbocycles. The van der Waals surface area contributed by atoms with Crippen LogP contribution in [0.5, 0.6) is 0 Å². The summed E-state index contributed by atoms with van der Waals surface area (Å²) in [5.41, 5.74) is 4.68. The zero-order valence-electron chi connectivity index (χ0n) is 22.3. The van der Waals surface area contributed by atoms with Gasteiger partial charge in [0.15, 0.2) is 11.6 Å². The molecule has 196 valence electrons. The van der Waals surface area contributed by atoms with Gasteiger partial charge in [0, 0.05) is 11.1 Å². The topological polar surface area (TPSA) is 0 Å². The van der Waals surface area contributed by atoms with Crippen LogP contribution in [0.1, 0.15) is 89.2 Å². The van der Waals surface area contributed by atoms with E-state index >= 15 is 4.39 Å². The fraction of sp³-hybridized carbons (Fsp3) is 0.412. The predicted octanol–water partition coefficient (Wildman–Crippen LogP) is 10.9. The molecule has 37 heavy (non-hydrogen) atoms. The molecule has 0 saturated heterocycles. The maximum absolute atomic E-state index is 15.1. The lowest BCUT2D eigenvalue weighted by Crippen LogP contribution is -2.05. The van der Waals surface area contributed by atoms with Crippen molar-refractivity contribution in [3.63, 3.8) is 0 Å². The first-order chi connectivity index (χ1) is 18.0. The number of benzene rings is 3. The van der Waals surface area contributed by atoms with Crippen LogP contribution in [0.2, 0.25) is 0 Å². The molecule has 3 heteroatoms. The van der Waals surface area contributed by atoms with Gasteiger partial charge in [-0.05, 0) is 71.9 Å². The fourth-order valence-corrected chi connectivity index (χ4v) is 5.52. The van der Waals surface area contributed by atoms with Crippen molar-refractivity contribution in [3.8, 4) is 22.3 Å². The fourth-order valence-electron chi connectivity index (χ4n) is 5.52. The molecule has 0 heterocycles. The summed E-state index contributed by atoms with van der Waals surface area (Å²) in [7, 11) is 0. The third-order valence-corrected chi connectivity index (χ3v) is 7.78. The average molecular weight is 505 g/mol. The number of allylic oxidation sites excluding steroid dienone is 2. The molecule has 0 spiro atoms. The summed E-state index contributed by atoms with van der Waals surface area (Å²) in [5.74, 6) is -1.07. The first-order valence-corrected chi connectivity index (χ1v) is 14.1. The van der Waals surface area contributed by atoms with Gasteiger partial charge in [-0.1, -0.05) is 107 Å². The Balaban J connectivity index is 1.46. The number of hydrogen-bond acceptors (Lipinski definition) is 0. The van der Waals surface area contributed by atoms with E-state index in [-0.39, 0.29) is 11.4 Å². The summed E-state index contributed by atoms with van der Waals surface area (Å²) < 4.78 is 44.8. The van der Waals surface area contributed by atoms with Gasteiger partial charge in [-0.15, -0.1) is 0 Å². The zero-order chi connectivity index (χ0) is 26.2. The number of halogens is 3. The largest absolute Gasteiger partial charge is 0.206 e. The number of aryl methyl sites for hydroxylation is 1. The van der Waals surface area contributed by atoms with Gasteiger partial charge in [0.2, 0.25) is 0 Å². The summed E-state index contributed by atoms with van der Waals surface area (Å²) in [6.45, 7) is 4.38. The normalized spacial score (nSPS) is 15.6. The van der Waals surface area contributed by atoms with Gasteiger partial charge in [0.05, 0.1) is 0 Å². The number of unbranched alkanes of at least 4 members (excludes halogenated alkanes) is 4. The molecule has 0 aromatic heterocycles. The van der Waals surface area contributed by atoms with Crippen LogP contribution < -0.4 is 0 Å². The maximum atomic E-state index is 15.1. The molecule has 1 aliphatic carbocycles. The van der Waals surface area contributed by atoms with E-state index in [1.807, 2.05) is 12.1 Å². The van der Waals surface area contributed by atoms with E-state index in [9.17, 15) is 8.78 Å². The van der Waals surface area contributed by atoms with E-state index < -0.39 is 11.6 Å². The molecule has 1 unspecified atom stereocenters. The minimum absolute atomic E-state index is 0.236. The lowest BCUT2D eigenvalue weighted by atomic mass is 9.84. The van der Waals surface area contributed by atoms with Crippen LogP contribution in [0, 0.1) is 23.4 Å². The Kier molecular flexibility index (Phi) is 9.66. The molecule has 0 N–H and O–H groups in total. The smallest absolute Gasteiger partial charge is 0.166 e. The highest BCUT2D eigenvalue weighted by atomic mass is 19.2. The molecule has 3 aromatic rings. The monoisotopic (exact) mass is 504 g/mol. The molecular formula is C34H39F3. The lowest BCUT2D eigenvalue weighted by molar-refractivity contribution is 0.445. The van der Waals surface area contributed by atoms with Crippen LogP contribution in [-0.4, -0.2) is 0 Å². The second-order valence-electron chi connectivity index (χ2n) is 10.5. The van der Waals surface area contributed by atoms with Crippen molar-refractivity contribution in [3.05, 3.63) is 89.3 Å². The van der Waals surface area contributed by atoms with Gasteiger partial charge in [0.25, 0.3) is 0 Å². The number of hydrogen-bond donors (Lipinski definition) is 0. The van der Waals surface area contributed by atoms with E-state index in [0.29, 0.717) is 23.1 Å². The van der Waals surface area contributed by atoms with E-state index in [1.54, 1.807) is 42.5 Å². The molecule has 0 bridgehead atoms. The van der Waals surface area contributed by atoms with Crippen molar-refractivity contribution in [2.75, 3.05) is 0 Å². The summed E-state index contributed by atoms with van der Waals surface area (Å²) in [6, 6.07) is 15.8. The molecule has 0 radical (unpaired) electrons. The highest BCUT2D eigenvalue weighted by Gasteiger charge is 2.17. The van der Waals surface area contributed by atoms with Crippen molar-refractivity contribution >= 4 is 5.57 Å². The molecule has 4 rings (SSSR count). The van der Waals surface area contributed by atoms with Crippen LogP contribution in [0.25, 0.3) is 27.8 Å². The van der Waals surface area contributed by atoms with Crippen LogP contribution in [-0.2, 0) is 6.42 Å². The van der Waals surface area contributed by atoms with Gasteiger partial charge in [0.1, 0.15) is 5.82 Å². The van der Waals surface area contributed by atoms with Gasteiger partial charge >= 0.3 is 0 Å². The maximum Gasteiger partial charge on any atom is 0.166 e. The third-order valence-electron chi connectivity index (χ3n) is 7.78. The molecule has 0 amide bonds. The molecule has 1 atom stereocenters. The van der Waals surface area contributed by atoms with Crippen molar-refractivity contribution in [1.29, 1.82) is 0 Å². The minimum Gasteiger partial charge on any atom is -0.206 e. The standard InChI is InChI=1S/C34H39F3/c1-3-5-6-7-8-10-28-19-22-31(34(37)33(28)36)27-17-15-26(16-18-27)30-21-20-29(23-32(30)35)25-13-11-24(9-4-2)12-14-25/h13,15-24H,3-12,14H2,1-2H3. The van der Waals surface area contributed by atoms with E-state index in [2.05, 4.69) is 19.9 Å². The molecular weight excluding hydrogens is 465 g/mol. The van der Waals surface area contributed by atoms with Crippen LogP contribution in [0.15, 0.2) is 60.7 Å². The Labute approximate surface area is 220 Å². The minimum atomic E-state index is -0.809. The van der Waals surface area contributed by atoms with Gasteiger partial charge in [-0.3, -0.25) is 0 Å². The molecule has 0 nitrogen and oxygen atoms in total. The van der Waals surface area contributed by atoms with Crippen LogP contribution in [0.4, 0.5) is 13.2 Å². The SMILES string of the molecule is CCCCCCCc1ccc(-c2ccc(-c3ccc(C4=CCC(CCC)CC4)cc3F)cc2)c(F)c1F. The first kappa shape index (κ1) is 27.2. The van der Waals surface area contributed by atoms with Crippen LogP contribution in [0.3, 0.4) is 0 Å². The molecule has 3 aromatic carbocycles. The first-order valence-electron chi connectivity index (χ1n) is 14.1. The summed E-state index contributed by atoms with van der Waals surface area (Å²) in [6.07, 6.45) is 13.9. The molecule has 1 aliphatic rings. The molecule has 0 aliphatic heterocycles. The third kappa shape index (κ3) is 6.74. The van der Waals surface area contributed by atoms with Crippen molar-refractivity contribution in [2.45, 2.75) is 84.5 Å². The Morgan fingerprint density at radius 1 is 0.703 bits per heavy atom.